The van der Waals surface area contributed by atoms with Crippen LogP contribution < -0.4 is 16.4 Å². The van der Waals surface area contributed by atoms with Gasteiger partial charge in [-0.05, 0) is 24.2 Å². The first-order chi connectivity index (χ1) is 10.5. The van der Waals surface area contributed by atoms with Crippen molar-refractivity contribution in [1.82, 2.24) is 10.6 Å². The van der Waals surface area contributed by atoms with Gasteiger partial charge in [0.05, 0.1) is 6.04 Å². The van der Waals surface area contributed by atoms with Gasteiger partial charge in [-0.2, -0.15) is 0 Å². The first-order valence-corrected chi connectivity index (χ1v) is 8.06. The molecule has 0 heterocycles. The van der Waals surface area contributed by atoms with Crippen molar-refractivity contribution in [1.29, 1.82) is 0 Å². The van der Waals surface area contributed by atoms with Gasteiger partial charge in [0.15, 0.2) is 0 Å². The lowest BCUT2D eigenvalue weighted by atomic mass is 9.99. The van der Waals surface area contributed by atoms with Gasteiger partial charge < -0.3 is 21.5 Å². The molecule has 7 heteroatoms. The number of aliphatic carboxylic acids is 1. The van der Waals surface area contributed by atoms with Crippen LogP contribution in [0.3, 0.4) is 0 Å². The van der Waals surface area contributed by atoms with E-state index >= 15 is 0 Å². The molecule has 3 atom stereocenters. The summed E-state index contributed by atoms with van der Waals surface area (Å²) in [6.45, 7) is 10.9. The predicted molar refractivity (Wildman–Crippen MR) is 88.6 cm³/mol. The summed E-state index contributed by atoms with van der Waals surface area (Å²) in [6, 6.07) is -2.50. The fourth-order valence-electron chi connectivity index (χ4n) is 2.04. The zero-order chi connectivity index (χ0) is 18.3. The third-order valence-electron chi connectivity index (χ3n) is 3.59. The summed E-state index contributed by atoms with van der Waals surface area (Å²) in [5, 5.41) is 14.3. The number of nitrogens with two attached hydrogens (primary N) is 1. The lowest BCUT2D eigenvalue weighted by Gasteiger charge is -2.26. The molecule has 0 aliphatic heterocycles. The van der Waals surface area contributed by atoms with Crippen molar-refractivity contribution in [2.45, 2.75) is 66.1 Å². The smallest absolute Gasteiger partial charge is 0.326 e. The van der Waals surface area contributed by atoms with Crippen LogP contribution in [0.4, 0.5) is 0 Å². The second kappa shape index (κ2) is 9.50. The second-order valence-corrected chi connectivity index (χ2v) is 7.03. The van der Waals surface area contributed by atoms with E-state index in [0.717, 1.165) is 0 Å². The number of rotatable bonds is 9. The SMILES string of the molecule is CC(C)CC(NC(=O)C(N)C(C)C)C(=O)NC(C(=O)O)C(C)C. The van der Waals surface area contributed by atoms with E-state index in [9.17, 15) is 19.5 Å². The Hall–Kier alpha value is -1.63. The minimum absolute atomic E-state index is 0.0554. The Morgan fingerprint density at radius 1 is 0.913 bits per heavy atom. The number of carboxylic acid groups (broad SMARTS) is 1. The molecule has 0 aliphatic rings. The number of hydrogen-bond acceptors (Lipinski definition) is 4. The Balaban J connectivity index is 5.05. The normalized spacial score (nSPS) is 15.4. The molecule has 0 spiro atoms. The van der Waals surface area contributed by atoms with Crippen LogP contribution in [0.1, 0.15) is 48.0 Å². The van der Waals surface area contributed by atoms with Crippen LogP contribution in [-0.2, 0) is 14.4 Å². The van der Waals surface area contributed by atoms with E-state index in [-0.39, 0.29) is 17.8 Å². The monoisotopic (exact) mass is 329 g/mol. The molecule has 3 unspecified atom stereocenters. The van der Waals surface area contributed by atoms with Gasteiger partial charge in [-0.1, -0.05) is 41.5 Å². The maximum Gasteiger partial charge on any atom is 0.326 e. The van der Waals surface area contributed by atoms with Crippen LogP contribution in [0.15, 0.2) is 0 Å². The number of carbonyl (C=O) groups excluding carboxylic acids is 2. The third kappa shape index (κ3) is 7.45. The summed E-state index contributed by atoms with van der Waals surface area (Å²) in [5.74, 6) is -2.16. The van der Waals surface area contributed by atoms with Crippen LogP contribution in [-0.4, -0.2) is 41.0 Å². The Labute approximate surface area is 138 Å². The van der Waals surface area contributed by atoms with E-state index in [1.165, 1.54) is 0 Å². The average molecular weight is 329 g/mol. The molecular weight excluding hydrogens is 298 g/mol. The van der Waals surface area contributed by atoms with Gasteiger partial charge >= 0.3 is 5.97 Å². The van der Waals surface area contributed by atoms with E-state index in [4.69, 9.17) is 5.73 Å². The summed E-state index contributed by atoms with van der Waals surface area (Å²) < 4.78 is 0. The van der Waals surface area contributed by atoms with Crippen molar-refractivity contribution in [2.75, 3.05) is 0 Å². The van der Waals surface area contributed by atoms with Crippen molar-refractivity contribution >= 4 is 17.8 Å². The van der Waals surface area contributed by atoms with E-state index < -0.39 is 35.9 Å². The standard InChI is InChI=1S/C16H31N3O4/c1-8(2)7-11(18-15(21)12(17)9(3)4)14(20)19-13(10(5)6)16(22)23/h8-13H,7,17H2,1-6H3,(H,18,21)(H,19,20)(H,22,23). The molecule has 0 aromatic carbocycles. The number of hydrogen-bond donors (Lipinski definition) is 4. The fraction of sp³-hybridized carbons (Fsp3) is 0.812. The van der Waals surface area contributed by atoms with Crippen molar-refractivity contribution in [2.24, 2.45) is 23.5 Å². The van der Waals surface area contributed by atoms with Crippen LogP contribution in [0.25, 0.3) is 0 Å². The number of nitrogens with one attached hydrogen (secondary N) is 2. The Bertz CT molecular complexity index is 422. The summed E-state index contributed by atoms with van der Waals surface area (Å²) in [5.41, 5.74) is 5.80. The topological polar surface area (TPSA) is 122 Å². The Kier molecular flexibility index (Phi) is 8.82. The van der Waals surface area contributed by atoms with Crippen LogP contribution in [0.5, 0.6) is 0 Å². The first-order valence-electron chi connectivity index (χ1n) is 8.06. The molecule has 0 aromatic rings. The van der Waals surface area contributed by atoms with Crippen LogP contribution in [0, 0.1) is 17.8 Å². The van der Waals surface area contributed by atoms with Crippen molar-refractivity contribution in [3.05, 3.63) is 0 Å². The second-order valence-electron chi connectivity index (χ2n) is 7.03. The zero-order valence-electron chi connectivity index (χ0n) is 14.9. The van der Waals surface area contributed by atoms with Crippen molar-refractivity contribution < 1.29 is 19.5 Å². The molecule has 0 saturated carbocycles. The maximum atomic E-state index is 12.4. The Morgan fingerprint density at radius 2 is 1.43 bits per heavy atom. The van der Waals surface area contributed by atoms with Crippen molar-refractivity contribution in [3.8, 4) is 0 Å². The highest BCUT2D eigenvalue weighted by Crippen LogP contribution is 2.09. The first kappa shape index (κ1) is 21.4. The highest BCUT2D eigenvalue weighted by atomic mass is 16.4. The molecule has 0 saturated heterocycles. The molecule has 7 nitrogen and oxygen atoms in total. The van der Waals surface area contributed by atoms with Gasteiger partial charge in [-0.3, -0.25) is 9.59 Å². The molecule has 134 valence electrons. The van der Waals surface area contributed by atoms with E-state index in [1.807, 2.05) is 27.7 Å². The zero-order valence-corrected chi connectivity index (χ0v) is 14.9. The molecule has 0 fully saturated rings. The molecule has 23 heavy (non-hydrogen) atoms. The maximum absolute atomic E-state index is 12.4. The minimum Gasteiger partial charge on any atom is -0.480 e. The number of carbonyl (C=O) groups is 3. The summed E-state index contributed by atoms with van der Waals surface area (Å²) >= 11 is 0. The van der Waals surface area contributed by atoms with E-state index in [0.29, 0.717) is 6.42 Å². The predicted octanol–water partition coefficient (Wildman–Crippen LogP) is 0.726. The molecular formula is C16H31N3O4. The van der Waals surface area contributed by atoms with E-state index in [1.54, 1.807) is 13.8 Å². The Morgan fingerprint density at radius 3 is 1.78 bits per heavy atom. The van der Waals surface area contributed by atoms with Crippen LogP contribution >= 0.6 is 0 Å². The van der Waals surface area contributed by atoms with E-state index in [2.05, 4.69) is 10.6 Å². The van der Waals surface area contributed by atoms with Crippen molar-refractivity contribution in [3.63, 3.8) is 0 Å². The summed E-state index contributed by atoms with van der Waals surface area (Å²) in [4.78, 5) is 35.7. The molecule has 5 N–H and O–H groups in total. The lowest BCUT2D eigenvalue weighted by molar-refractivity contribution is -0.143. The highest BCUT2D eigenvalue weighted by Gasteiger charge is 2.30. The molecule has 0 aliphatic carbocycles. The van der Waals surface area contributed by atoms with Gasteiger partial charge in [0.25, 0.3) is 0 Å². The average Bonchev–Trinajstić information content (AvgIpc) is 2.41. The molecule has 0 bridgehead atoms. The molecule has 0 aromatic heterocycles. The summed E-state index contributed by atoms with van der Waals surface area (Å²) in [7, 11) is 0. The highest BCUT2D eigenvalue weighted by molar-refractivity contribution is 5.91. The molecule has 0 radical (unpaired) electrons. The molecule has 0 rings (SSSR count). The molecule has 2 amide bonds. The quantitative estimate of drug-likeness (QED) is 0.497. The third-order valence-corrected chi connectivity index (χ3v) is 3.59. The van der Waals surface area contributed by atoms with Gasteiger partial charge in [-0.15, -0.1) is 0 Å². The van der Waals surface area contributed by atoms with Gasteiger partial charge in [0.2, 0.25) is 11.8 Å². The van der Waals surface area contributed by atoms with Gasteiger partial charge in [0, 0.05) is 0 Å². The largest absolute Gasteiger partial charge is 0.480 e. The fourth-order valence-corrected chi connectivity index (χ4v) is 2.04. The minimum atomic E-state index is -1.10. The lowest BCUT2D eigenvalue weighted by Crippen LogP contribution is -2.56. The number of carboxylic acids is 1. The van der Waals surface area contributed by atoms with Gasteiger partial charge in [0.1, 0.15) is 12.1 Å². The number of amides is 2. The van der Waals surface area contributed by atoms with Gasteiger partial charge in [-0.25, -0.2) is 4.79 Å². The van der Waals surface area contributed by atoms with Crippen LogP contribution in [0.2, 0.25) is 0 Å². The summed E-state index contributed by atoms with van der Waals surface area (Å²) in [6.07, 6.45) is 0.410.